The third-order valence-electron chi connectivity index (χ3n) is 3.76. The van der Waals surface area contributed by atoms with Crippen molar-refractivity contribution >= 4 is 17.3 Å². The Kier molecular flexibility index (Phi) is 5.01. The van der Waals surface area contributed by atoms with Gasteiger partial charge in [-0.05, 0) is 18.8 Å². The van der Waals surface area contributed by atoms with Gasteiger partial charge in [-0.15, -0.1) is 0 Å². The van der Waals surface area contributed by atoms with E-state index in [4.69, 9.17) is 22.1 Å². The van der Waals surface area contributed by atoms with Gasteiger partial charge in [0.25, 0.3) is 5.56 Å². The standard InChI is InChI=1S/C13H21ClN4O2/c1-17(10(7-15)9-3-4-9)11-8-16-18(5-6-20-2)13(19)12(11)14/h8-10H,3-7,15H2,1-2H3. The lowest BCUT2D eigenvalue weighted by molar-refractivity contribution is 0.182. The minimum Gasteiger partial charge on any atom is -0.383 e. The maximum atomic E-state index is 12.2. The lowest BCUT2D eigenvalue weighted by Gasteiger charge is -2.29. The van der Waals surface area contributed by atoms with Gasteiger partial charge < -0.3 is 15.4 Å². The first kappa shape index (κ1) is 15.3. The van der Waals surface area contributed by atoms with E-state index in [-0.39, 0.29) is 16.6 Å². The Labute approximate surface area is 123 Å². The molecule has 0 aliphatic heterocycles. The van der Waals surface area contributed by atoms with Crippen LogP contribution in [0.25, 0.3) is 0 Å². The van der Waals surface area contributed by atoms with Crippen LogP contribution in [0.15, 0.2) is 11.0 Å². The molecule has 1 aliphatic carbocycles. The number of anilines is 1. The molecule has 1 unspecified atom stereocenters. The van der Waals surface area contributed by atoms with E-state index in [9.17, 15) is 4.79 Å². The first-order valence-electron chi connectivity index (χ1n) is 6.77. The minimum atomic E-state index is -0.292. The molecule has 2 rings (SSSR count). The summed E-state index contributed by atoms with van der Waals surface area (Å²) < 4.78 is 6.26. The third kappa shape index (κ3) is 3.13. The van der Waals surface area contributed by atoms with Crippen molar-refractivity contribution in [1.29, 1.82) is 0 Å². The Hall–Kier alpha value is -1.11. The van der Waals surface area contributed by atoms with Crippen LogP contribution in [-0.2, 0) is 11.3 Å². The Bertz CT molecular complexity index is 516. The zero-order chi connectivity index (χ0) is 14.7. The van der Waals surface area contributed by atoms with E-state index >= 15 is 0 Å². The van der Waals surface area contributed by atoms with Gasteiger partial charge in [0.05, 0.1) is 25.0 Å². The molecule has 1 saturated carbocycles. The van der Waals surface area contributed by atoms with E-state index in [1.54, 1.807) is 13.3 Å². The molecule has 1 fully saturated rings. The van der Waals surface area contributed by atoms with Gasteiger partial charge in [0.15, 0.2) is 0 Å². The van der Waals surface area contributed by atoms with Crippen LogP contribution < -0.4 is 16.2 Å². The number of ether oxygens (including phenoxy) is 1. The number of halogens is 1. The summed E-state index contributed by atoms with van der Waals surface area (Å²) in [5, 5.41) is 4.34. The zero-order valence-electron chi connectivity index (χ0n) is 11.9. The molecule has 0 radical (unpaired) electrons. The van der Waals surface area contributed by atoms with Gasteiger partial charge in [0, 0.05) is 26.7 Å². The number of rotatable bonds is 7. The van der Waals surface area contributed by atoms with Gasteiger partial charge in [-0.2, -0.15) is 5.10 Å². The van der Waals surface area contributed by atoms with Crippen molar-refractivity contribution in [2.75, 3.05) is 32.2 Å². The molecule has 1 aromatic heterocycles. The summed E-state index contributed by atoms with van der Waals surface area (Å²) in [7, 11) is 3.49. The average molecular weight is 301 g/mol. The second-order valence-electron chi connectivity index (χ2n) is 5.12. The van der Waals surface area contributed by atoms with Crippen molar-refractivity contribution in [3.8, 4) is 0 Å². The van der Waals surface area contributed by atoms with E-state index < -0.39 is 0 Å². The van der Waals surface area contributed by atoms with Crippen molar-refractivity contribution in [2.45, 2.75) is 25.4 Å². The average Bonchev–Trinajstić information content (AvgIpc) is 3.26. The number of methoxy groups -OCH3 is 1. The quantitative estimate of drug-likeness (QED) is 0.803. The molecule has 0 aromatic carbocycles. The second kappa shape index (κ2) is 6.56. The molecule has 1 atom stereocenters. The van der Waals surface area contributed by atoms with E-state index in [1.807, 2.05) is 11.9 Å². The molecule has 0 amide bonds. The molecule has 7 heteroatoms. The molecule has 1 aromatic rings. The summed E-state index contributed by atoms with van der Waals surface area (Å²) in [5.41, 5.74) is 6.18. The van der Waals surface area contributed by atoms with E-state index in [2.05, 4.69) is 5.10 Å². The van der Waals surface area contributed by atoms with Gasteiger partial charge in [-0.25, -0.2) is 4.68 Å². The van der Waals surface area contributed by atoms with Gasteiger partial charge >= 0.3 is 0 Å². The predicted molar refractivity (Wildman–Crippen MR) is 79.4 cm³/mol. The Morgan fingerprint density at radius 2 is 2.35 bits per heavy atom. The molecule has 0 saturated heterocycles. The minimum absolute atomic E-state index is 0.192. The summed E-state index contributed by atoms with van der Waals surface area (Å²) in [6.07, 6.45) is 3.99. The van der Waals surface area contributed by atoms with Crippen LogP contribution in [0.2, 0.25) is 5.02 Å². The van der Waals surface area contributed by atoms with E-state index in [0.29, 0.717) is 31.3 Å². The highest BCUT2D eigenvalue weighted by atomic mass is 35.5. The van der Waals surface area contributed by atoms with Crippen LogP contribution >= 0.6 is 11.6 Å². The van der Waals surface area contributed by atoms with E-state index in [0.717, 1.165) is 0 Å². The first-order valence-corrected chi connectivity index (χ1v) is 7.15. The van der Waals surface area contributed by atoms with Crippen molar-refractivity contribution in [3.63, 3.8) is 0 Å². The number of hydrogen-bond acceptors (Lipinski definition) is 5. The summed E-state index contributed by atoms with van der Waals surface area (Å²) in [5.74, 6) is 0.594. The maximum Gasteiger partial charge on any atom is 0.287 e. The maximum absolute atomic E-state index is 12.2. The van der Waals surface area contributed by atoms with Crippen molar-refractivity contribution in [3.05, 3.63) is 21.6 Å². The van der Waals surface area contributed by atoms with Gasteiger partial charge in [0.2, 0.25) is 0 Å². The van der Waals surface area contributed by atoms with E-state index in [1.165, 1.54) is 17.5 Å². The molecular formula is C13H21ClN4O2. The highest BCUT2D eigenvalue weighted by molar-refractivity contribution is 6.33. The Balaban J connectivity index is 2.23. The molecule has 0 spiro atoms. The van der Waals surface area contributed by atoms with Crippen LogP contribution in [0.3, 0.4) is 0 Å². The highest BCUT2D eigenvalue weighted by Gasteiger charge is 2.34. The lowest BCUT2D eigenvalue weighted by atomic mass is 10.1. The van der Waals surface area contributed by atoms with Crippen LogP contribution in [-0.4, -0.2) is 43.1 Å². The predicted octanol–water partition coefficient (Wildman–Crippen LogP) is 0.717. The van der Waals surface area contributed by atoms with Gasteiger partial charge in [-0.3, -0.25) is 4.79 Å². The molecule has 112 valence electrons. The lowest BCUT2D eigenvalue weighted by Crippen LogP contribution is -2.41. The summed E-state index contributed by atoms with van der Waals surface area (Å²) in [6, 6.07) is 0.212. The fraction of sp³-hybridized carbons (Fsp3) is 0.692. The Morgan fingerprint density at radius 1 is 1.65 bits per heavy atom. The van der Waals surface area contributed by atoms with Gasteiger partial charge in [-0.1, -0.05) is 11.6 Å². The van der Waals surface area contributed by atoms with Crippen LogP contribution in [0.1, 0.15) is 12.8 Å². The number of nitrogens with zero attached hydrogens (tertiary/aromatic N) is 3. The number of hydrogen-bond donors (Lipinski definition) is 1. The summed E-state index contributed by atoms with van der Waals surface area (Å²) in [4.78, 5) is 14.1. The zero-order valence-corrected chi connectivity index (χ0v) is 12.6. The van der Waals surface area contributed by atoms with Crippen LogP contribution in [0.5, 0.6) is 0 Å². The second-order valence-corrected chi connectivity index (χ2v) is 5.49. The largest absolute Gasteiger partial charge is 0.383 e. The van der Waals surface area contributed by atoms with Crippen molar-refractivity contribution < 1.29 is 4.74 Å². The smallest absolute Gasteiger partial charge is 0.287 e. The molecule has 0 bridgehead atoms. The fourth-order valence-corrected chi connectivity index (χ4v) is 2.65. The number of aromatic nitrogens is 2. The molecule has 1 heterocycles. The normalized spacial score (nSPS) is 16.2. The highest BCUT2D eigenvalue weighted by Crippen LogP contribution is 2.36. The number of likely N-dealkylation sites (N-methyl/N-ethyl adjacent to an activating group) is 1. The summed E-state index contributed by atoms with van der Waals surface area (Å²) in [6.45, 7) is 1.36. The monoisotopic (exact) mass is 300 g/mol. The molecule has 6 nitrogen and oxygen atoms in total. The SMILES string of the molecule is COCCn1ncc(N(C)C(CN)C2CC2)c(Cl)c1=O. The molecular weight excluding hydrogens is 280 g/mol. The van der Waals surface area contributed by atoms with Crippen LogP contribution in [0, 0.1) is 5.92 Å². The molecule has 20 heavy (non-hydrogen) atoms. The van der Waals surface area contributed by atoms with Gasteiger partial charge in [0.1, 0.15) is 5.02 Å². The fourth-order valence-electron chi connectivity index (χ4n) is 2.37. The van der Waals surface area contributed by atoms with Crippen molar-refractivity contribution in [1.82, 2.24) is 9.78 Å². The van der Waals surface area contributed by atoms with Crippen molar-refractivity contribution in [2.24, 2.45) is 11.7 Å². The third-order valence-corrected chi connectivity index (χ3v) is 4.11. The summed E-state index contributed by atoms with van der Waals surface area (Å²) >= 11 is 6.20. The number of nitrogens with two attached hydrogens (primary N) is 1. The molecule has 2 N–H and O–H groups in total. The first-order chi connectivity index (χ1) is 9.60. The van der Waals surface area contributed by atoms with Crippen LogP contribution in [0.4, 0.5) is 5.69 Å². The molecule has 1 aliphatic rings. The Morgan fingerprint density at radius 3 is 2.90 bits per heavy atom. The topological polar surface area (TPSA) is 73.4 Å².